The largest absolute Gasteiger partial charge is 0.303 e. The Bertz CT molecular complexity index is 215. The molecule has 0 N–H and O–H groups in total. The van der Waals surface area contributed by atoms with Gasteiger partial charge in [-0.25, -0.2) is 0 Å². The molecular formula is C9H12OS. The average molecular weight is 168 g/mol. The molecule has 0 amide bonds. The lowest BCUT2D eigenvalue weighted by Crippen LogP contribution is -2.05. The highest BCUT2D eigenvalue weighted by atomic mass is 32.1. The molecule has 0 aliphatic rings. The van der Waals surface area contributed by atoms with E-state index in [-0.39, 0.29) is 5.92 Å². The zero-order chi connectivity index (χ0) is 8.27. The van der Waals surface area contributed by atoms with Gasteiger partial charge < -0.3 is 4.79 Å². The molecule has 11 heavy (non-hydrogen) atoms. The van der Waals surface area contributed by atoms with Crippen LogP contribution in [0.3, 0.4) is 0 Å². The first-order valence-corrected chi connectivity index (χ1v) is 4.62. The van der Waals surface area contributed by atoms with E-state index in [4.69, 9.17) is 0 Å². The van der Waals surface area contributed by atoms with Gasteiger partial charge in [0.05, 0.1) is 0 Å². The second-order valence-corrected chi connectivity index (χ2v) is 3.78. The molecular weight excluding hydrogens is 156 g/mol. The lowest BCUT2D eigenvalue weighted by molar-refractivity contribution is -0.111. The molecule has 1 rings (SSSR count). The molecule has 0 saturated carbocycles. The molecule has 60 valence electrons. The fourth-order valence-corrected chi connectivity index (χ4v) is 1.83. The Morgan fingerprint density at radius 3 is 2.73 bits per heavy atom. The number of hydrogen-bond acceptors (Lipinski definition) is 2. The number of rotatable bonds is 3. The summed E-state index contributed by atoms with van der Waals surface area (Å²) >= 11 is 1.72. The van der Waals surface area contributed by atoms with Crippen LogP contribution in [-0.2, 0) is 4.79 Å². The molecule has 2 atom stereocenters. The second kappa shape index (κ2) is 3.67. The van der Waals surface area contributed by atoms with Crippen molar-refractivity contribution in [3.8, 4) is 0 Å². The van der Waals surface area contributed by atoms with E-state index < -0.39 is 0 Å². The average Bonchev–Trinajstić information content (AvgIpc) is 2.53. The maximum atomic E-state index is 10.4. The standard InChI is InChI=1S/C9H12OS/c1-7(6-10)8(2)9-4-3-5-11-9/h3-8H,1-2H3. The molecule has 2 unspecified atom stereocenters. The number of hydrogen-bond donors (Lipinski definition) is 0. The van der Waals surface area contributed by atoms with E-state index in [1.54, 1.807) is 11.3 Å². The van der Waals surface area contributed by atoms with Crippen molar-refractivity contribution < 1.29 is 4.79 Å². The van der Waals surface area contributed by atoms with E-state index in [9.17, 15) is 4.79 Å². The third kappa shape index (κ3) is 1.90. The van der Waals surface area contributed by atoms with Crippen LogP contribution < -0.4 is 0 Å². The molecule has 1 nitrogen and oxygen atoms in total. The fourth-order valence-electron chi connectivity index (χ4n) is 0.927. The van der Waals surface area contributed by atoms with Crippen LogP contribution in [0, 0.1) is 5.92 Å². The van der Waals surface area contributed by atoms with Gasteiger partial charge in [0.2, 0.25) is 0 Å². The van der Waals surface area contributed by atoms with Crippen LogP contribution >= 0.6 is 11.3 Å². The van der Waals surface area contributed by atoms with Crippen molar-refractivity contribution in [1.82, 2.24) is 0 Å². The predicted molar refractivity (Wildman–Crippen MR) is 48.0 cm³/mol. The van der Waals surface area contributed by atoms with Crippen molar-refractivity contribution in [2.75, 3.05) is 0 Å². The minimum Gasteiger partial charge on any atom is -0.303 e. The van der Waals surface area contributed by atoms with Gasteiger partial charge in [-0.15, -0.1) is 11.3 Å². The number of thiophene rings is 1. The fraction of sp³-hybridized carbons (Fsp3) is 0.444. The Balaban J connectivity index is 2.69. The Morgan fingerprint density at radius 2 is 2.27 bits per heavy atom. The molecule has 2 heteroatoms. The maximum Gasteiger partial charge on any atom is 0.123 e. The first-order valence-electron chi connectivity index (χ1n) is 3.74. The summed E-state index contributed by atoms with van der Waals surface area (Å²) in [5.41, 5.74) is 0. The van der Waals surface area contributed by atoms with Crippen molar-refractivity contribution in [2.45, 2.75) is 19.8 Å². The first-order chi connectivity index (χ1) is 5.25. The Labute approximate surface area is 71.1 Å². The Hall–Kier alpha value is -0.630. The lowest BCUT2D eigenvalue weighted by atomic mass is 9.96. The van der Waals surface area contributed by atoms with Crippen LogP contribution in [0.4, 0.5) is 0 Å². The van der Waals surface area contributed by atoms with Crippen LogP contribution in [0.15, 0.2) is 17.5 Å². The molecule has 0 saturated heterocycles. The van der Waals surface area contributed by atoms with Gasteiger partial charge in [-0.1, -0.05) is 19.9 Å². The first kappa shape index (κ1) is 8.47. The van der Waals surface area contributed by atoms with Crippen LogP contribution in [0.1, 0.15) is 24.6 Å². The van der Waals surface area contributed by atoms with Crippen LogP contribution in [0.2, 0.25) is 0 Å². The predicted octanol–water partition coefficient (Wildman–Crippen LogP) is 2.69. The highest BCUT2D eigenvalue weighted by molar-refractivity contribution is 7.10. The molecule has 1 aromatic heterocycles. The highest BCUT2D eigenvalue weighted by Gasteiger charge is 2.13. The topological polar surface area (TPSA) is 17.1 Å². The normalized spacial score (nSPS) is 15.8. The molecule has 0 radical (unpaired) electrons. The van der Waals surface area contributed by atoms with Crippen molar-refractivity contribution in [1.29, 1.82) is 0 Å². The summed E-state index contributed by atoms with van der Waals surface area (Å²) in [6.07, 6.45) is 1.02. The van der Waals surface area contributed by atoms with E-state index in [0.29, 0.717) is 5.92 Å². The number of carbonyl (C=O) groups is 1. The molecule has 0 aliphatic carbocycles. The summed E-state index contributed by atoms with van der Waals surface area (Å²) in [6.45, 7) is 4.04. The zero-order valence-electron chi connectivity index (χ0n) is 6.78. The summed E-state index contributed by atoms with van der Waals surface area (Å²) in [4.78, 5) is 11.7. The van der Waals surface area contributed by atoms with Crippen LogP contribution in [-0.4, -0.2) is 6.29 Å². The molecule has 0 aliphatic heterocycles. The summed E-state index contributed by atoms with van der Waals surface area (Å²) in [5.74, 6) is 0.501. The maximum absolute atomic E-state index is 10.4. The number of aldehydes is 1. The van der Waals surface area contributed by atoms with Crippen LogP contribution in [0.25, 0.3) is 0 Å². The Kier molecular flexibility index (Phi) is 2.83. The van der Waals surface area contributed by atoms with Gasteiger partial charge in [-0.05, 0) is 17.4 Å². The SMILES string of the molecule is CC(C=O)C(C)c1cccs1. The van der Waals surface area contributed by atoms with E-state index in [1.165, 1.54) is 4.88 Å². The summed E-state index contributed by atoms with van der Waals surface area (Å²) in [7, 11) is 0. The van der Waals surface area contributed by atoms with E-state index in [1.807, 2.05) is 18.4 Å². The smallest absolute Gasteiger partial charge is 0.123 e. The van der Waals surface area contributed by atoms with Gasteiger partial charge in [0.1, 0.15) is 6.29 Å². The Morgan fingerprint density at radius 1 is 1.55 bits per heavy atom. The van der Waals surface area contributed by atoms with Crippen molar-refractivity contribution in [3.05, 3.63) is 22.4 Å². The van der Waals surface area contributed by atoms with Gasteiger partial charge in [-0.2, -0.15) is 0 Å². The van der Waals surface area contributed by atoms with E-state index in [2.05, 4.69) is 13.0 Å². The summed E-state index contributed by atoms with van der Waals surface area (Å²) in [6, 6.07) is 4.10. The third-order valence-electron chi connectivity index (χ3n) is 2.00. The molecule has 1 aromatic rings. The molecule has 0 bridgehead atoms. The summed E-state index contributed by atoms with van der Waals surface area (Å²) < 4.78 is 0. The molecule has 1 heterocycles. The molecule has 0 fully saturated rings. The zero-order valence-corrected chi connectivity index (χ0v) is 7.60. The summed E-state index contributed by atoms with van der Waals surface area (Å²) in [5, 5.41) is 2.04. The minimum absolute atomic E-state index is 0.133. The van der Waals surface area contributed by atoms with Gasteiger partial charge in [0, 0.05) is 10.8 Å². The van der Waals surface area contributed by atoms with Crippen LogP contribution in [0.5, 0.6) is 0 Å². The van der Waals surface area contributed by atoms with E-state index >= 15 is 0 Å². The minimum atomic E-state index is 0.133. The lowest BCUT2D eigenvalue weighted by Gasteiger charge is -2.11. The quantitative estimate of drug-likeness (QED) is 0.634. The highest BCUT2D eigenvalue weighted by Crippen LogP contribution is 2.26. The van der Waals surface area contributed by atoms with E-state index in [0.717, 1.165) is 6.29 Å². The number of carbonyl (C=O) groups excluding carboxylic acids is 1. The second-order valence-electron chi connectivity index (χ2n) is 2.80. The van der Waals surface area contributed by atoms with Crippen molar-refractivity contribution in [2.24, 2.45) is 5.92 Å². The van der Waals surface area contributed by atoms with Gasteiger partial charge in [0.25, 0.3) is 0 Å². The third-order valence-corrected chi connectivity index (χ3v) is 3.07. The van der Waals surface area contributed by atoms with Gasteiger partial charge in [0.15, 0.2) is 0 Å². The van der Waals surface area contributed by atoms with Gasteiger partial charge in [-0.3, -0.25) is 0 Å². The van der Waals surface area contributed by atoms with Gasteiger partial charge >= 0.3 is 0 Å². The molecule has 0 spiro atoms. The van der Waals surface area contributed by atoms with Crippen molar-refractivity contribution in [3.63, 3.8) is 0 Å². The molecule has 0 aromatic carbocycles. The monoisotopic (exact) mass is 168 g/mol. The van der Waals surface area contributed by atoms with Crippen molar-refractivity contribution >= 4 is 17.6 Å².